The maximum absolute atomic E-state index is 6.37. The van der Waals surface area contributed by atoms with E-state index in [1.54, 1.807) is 18.6 Å². The van der Waals surface area contributed by atoms with Crippen LogP contribution in [-0.4, -0.2) is 27.6 Å². The number of nitrogens with one attached hydrogen (secondary N) is 1. The molecule has 2 aromatic heterocycles. The minimum absolute atomic E-state index is 0.0867. The maximum Gasteiger partial charge on any atom is 0.119 e. The van der Waals surface area contributed by atoms with E-state index in [-0.39, 0.29) is 6.04 Å². The van der Waals surface area contributed by atoms with Crippen LogP contribution in [0.4, 0.5) is 0 Å². The van der Waals surface area contributed by atoms with Gasteiger partial charge in [-0.3, -0.25) is 9.97 Å². The van der Waals surface area contributed by atoms with Crippen molar-refractivity contribution < 1.29 is 4.74 Å². The van der Waals surface area contributed by atoms with Gasteiger partial charge in [0.25, 0.3) is 0 Å². The molecule has 5 nitrogen and oxygen atoms in total. The van der Waals surface area contributed by atoms with E-state index in [0.29, 0.717) is 12.5 Å². The molecule has 0 bridgehead atoms. The predicted molar refractivity (Wildman–Crippen MR) is 117 cm³/mol. The molecule has 29 heavy (non-hydrogen) atoms. The first-order chi connectivity index (χ1) is 14.1. The van der Waals surface area contributed by atoms with Gasteiger partial charge in [-0.25, -0.2) is 0 Å². The Balaban J connectivity index is 1.46. The minimum atomic E-state index is -0.0867. The number of rotatable bonds is 7. The number of ether oxygens (including phenoxy) is 1. The maximum atomic E-state index is 6.37. The molecule has 0 radical (unpaired) electrons. The summed E-state index contributed by atoms with van der Waals surface area (Å²) in [6, 6.07) is 14.3. The number of fused-ring (bicyclic) bond motifs is 1. The summed E-state index contributed by atoms with van der Waals surface area (Å²) in [7, 11) is 0. The van der Waals surface area contributed by atoms with Gasteiger partial charge in [-0.2, -0.15) is 0 Å². The van der Waals surface area contributed by atoms with Crippen molar-refractivity contribution in [2.75, 3.05) is 6.61 Å². The van der Waals surface area contributed by atoms with Crippen LogP contribution in [0.3, 0.4) is 0 Å². The van der Waals surface area contributed by atoms with Crippen molar-refractivity contribution in [1.29, 1.82) is 0 Å². The largest absolute Gasteiger partial charge is 0.492 e. The fourth-order valence-corrected chi connectivity index (χ4v) is 3.62. The van der Waals surface area contributed by atoms with Crippen LogP contribution in [-0.2, 0) is 6.42 Å². The lowest BCUT2D eigenvalue weighted by Crippen LogP contribution is -2.30. The highest BCUT2D eigenvalue weighted by atomic mass is 16.5. The smallest absolute Gasteiger partial charge is 0.119 e. The van der Waals surface area contributed by atoms with Gasteiger partial charge in [-0.1, -0.05) is 32.0 Å². The lowest BCUT2D eigenvalue weighted by Gasteiger charge is -2.17. The van der Waals surface area contributed by atoms with Crippen LogP contribution in [0.15, 0.2) is 67.3 Å². The monoisotopic (exact) mass is 386 g/mol. The number of hydrogen-bond donors (Lipinski definition) is 2. The Hall–Kier alpha value is -3.18. The van der Waals surface area contributed by atoms with Gasteiger partial charge in [-0.15, -0.1) is 0 Å². The summed E-state index contributed by atoms with van der Waals surface area (Å²) >= 11 is 0. The molecule has 0 spiro atoms. The van der Waals surface area contributed by atoms with E-state index >= 15 is 0 Å². The van der Waals surface area contributed by atoms with Crippen molar-refractivity contribution in [2.45, 2.75) is 32.2 Å². The Morgan fingerprint density at radius 1 is 1.10 bits per heavy atom. The van der Waals surface area contributed by atoms with Crippen LogP contribution in [0.1, 0.15) is 30.9 Å². The van der Waals surface area contributed by atoms with Crippen LogP contribution < -0.4 is 10.5 Å². The van der Waals surface area contributed by atoms with Crippen molar-refractivity contribution >= 4 is 10.9 Å². The first kappa shape index (κ1) is 19.2. The van der Waals surface area contributed by atoms with E-state index in [9.17, 15) is 0 Å². The summed E-state index contributed by atoms with van der Waals surface area (Å²) < 4.78 is 6.04. The number of H-pyrrole nitrogens is 1. The third kappa shape index (κ3) is 4.30. The number of hydrogen-bond acceptors (Lipinski definition) is 4. The molecule has 1 atom stereocenters. The average Bonchev–Trinajstić information content (AvgIpc) is 3.15. The summed E-state index contributed by atoms with van der Waals surface area (Å²) in [5.74, 6) is 1.17. The van der Waals surface area contributed by atoms with Gasteiger partial charge in [0.2, 0.25) is 0 Å². The van der Waals surface area contributed by atoms with Gasteiger partial charge in [0.05, 0.1) is 11.9 Å². The second kappa shape index (κ2) is 8.45. The molecular formula is C24H26N4O. The quantitative estimate of drug-likeness (QED) is 0.483. The Morgan fingerprint density at radius 2 is 1.97 bits per heavy atom. The van der Waals surface area contributed by atoms with Gasteiger partial charge in [0.1, 0.15) is 12.4 Å². The molecule has 0 aliphatic carbocycles. The zero-order valence-electron chi connectivity index (χ0n) is 16.8. The molecule has 0 fully saturated rings. The van der Waals surface area contributed by atoms with Crippen LogP contribution in [0.25, 0.3) is 22.2 Å². The SMILES string of the molecule is CC(C)c1cc(OC[C@@H](N)Cc2c[nH]c3ccccc23)ccc1-c1cnccn1. The van der Waals surface area contributed by atoms with E-state index in [4.69, 9.17) is 10.5 Å². The van der Waals surface area contributed by atoms with E-state index < -0.39 is 0 Å². The summed E-state index contributed by atoms with van der Waals surface area (Å²) in [5.41, 5.74) is 11.9. The molecule has 3 N–H and O–H groups in total. The van der Waals surface area contributed by atoms with Gasteiger partial charge < -0.3 is 15.5 Å². The number of para-hydroxylation sites is 1. The van der Waals surface area contributed by atoms with Crippen LogP contribution >= 0.6 is 0 Å². The number of nitrogens with two attached hydrogens (primary N) is 1. The fourth-order valence-electron chi connectivity index (χ4n) is 3.62. The Bertz CT molecular complexity index is 1090. The van der Waals surface area contributed by atoms with Crippen LogP contribution in [0, 0.1) is 0 Å². The predicted octanol–water partition coefficient (Wildman–Crippen LogP) is 4.70. The average molecular weight is 386 g/mol. The van der Waals surface area contributed by atoms with E-state index in [1.165, 1.54) is 16.5 Å². The molecule has 0 saturated carbocycles. The zero-order valence-corrected chi connectivity index (χ0v) is 16.8. The normalized spacial score (nSPS) is 12.4. The van der Waals surface area contributed by atoms with Crippen molar-refractivity contribution in [2.24, 2.45) is 5.73 Å². The molecule has 0 aliphatic rings. The summed E-state index contributed by atoms with van der Waals surface area (Å²) in [6.45, 7) is 4.80. The molecule has 0 unspecified atom stereocenters. The molecule has 0 amide bonds. The Kier molecular flexibility index (Phi) is 5.58. The van der Waals surface area contributed by atoms with Crippen molar-refractivity contribution in [3.05, 3.63) is 78.4 Å². The molecule has 2 aromatic carbocycles. The first-order valence-corrected chi connectivity index (χ1v) is 9.95. The lowest BCUT2D eigenvalue weighted by molar-refractivity contribution is 0.287. The van der Waals surface area contributed by atoms with Crippen LogP contribution in [0.5, 0.6) is 5.75 Å². The fraction of sp³-hybridized carbons (Fsp3) is 0.250. The summed E-state index contributed by atoms with van der Waals surface area (Å²) in [6.07, 6.45) is 7.99. The second-order valence-corrected chi connectivity index (χ2v) is 7.63. The minimum Gasteiger partial charge on any atom is -0.492 e. The third-order valence-electron chi connectivity index (χ3n) is 5.11. The van der Waals surface area contributed by atoms with Gasteiger partial charge >= 0.3 is 0 Å². The standard InChI is InChI=1S/C24H26N4O/c1-16(2)22-12-19(7-8-21(22)24-14-26-9-10-27-24)29-15-18(25)11-17-13-28-23-6-4-3-5-20(17)23/h3-10,12-14,16,18,28H,11,15,25H2,1-2H3/t18-/m0/s1. The Morgan fingerprint density at radius 3 is 2.76 bits per heavy atom. The molecule has 4 aromatic rings. The highest BCUT2D eigenvalue weighted by Crippen LogP contribution is 2.31. The molecule has 0 aliphatic heterocycles. The number of aromatic nitrogens is 3. The van der Waals surface area contributed by atoms with Gasteiger partial charge in [-0.05, 0) is 47.7 Å². The van der Waals surface area contributed by atoms with E-state index in [2.05, 4.69) is 53.1 Å². The molecule has 148 valence electrons. The lowest BCUT2D eigenvalue weighted by atomic mass is 9.95. The summed E-state index contributed by atoms with van der Waals surface area (Å²) in [5, 5.41) is 1.22. The zero-order chi connectivity index (χ0) is 20.2. The highest BCUT2D eigenvalue weighted by Gasteiger charge is 2.13. The second-order valence-electron chi connectivity index (χ2n) is 7.63. The topological polar surface area (TPSA) is 76.8 Å². The number of aromatic amines is 1. The number of benzene rings is 2. The molecule has 4 rings (SSSR count). The first-order valence-electron chi connectivity index (χ1n) is 9.95. The summed E-state index contributed by atoms with van der Waals surface area (Å²) in [4.78, 5) is 11.9. The number of nitrogens with zero attached hydrogens (tertiary/aromatic N) is 2. The van der Waals surface area contributed by atoms with Gasteiger partial charge in [0.15, 0.2) is 0 Å². The molecule has 2 heterocycles. The van der Waals surface area contributed by atoms with Crippen LogP contribution in [0.2, 0.25) is 0 Å². The van der Waals surface area contributed by atoms with E-state index in [0.717, 1.165) is 28.9 Å². The molecule has 0 saturated heterocycles. The molecular weight excluding hydrogens is 360 g/mol. The Labute approximate surface area is 171 Å². The van der Waals surface area contributed by atoms with Crippen molar-refractivity contribution in [3.8, 4) is 17.0 Å². The third-order valence-corrected chi connectivity index (χ3v) is 5.11. The van der Waals surface area contributed by atoms with Crippen molar-refractivity contribution in [1.82, 2.24) is 15.0 Å². The molecule has 5 heteroatoms. The van der Waals surface area contributed by atoms with E-state index in [1.807, 2.05) is 24.4 Å². The van der Waals surface area contributed by atoms with Gasteiger partial charge in [0, 0.05) is 41.1 Å². The van der Waals surface area contributed by atoms with Crippen molar-refractivity contribution in [3.63, 3.8) is 0 Å². The highest BCUT2D eigenvalue weighted by molar-refractivity contribution is 5.83.